The molecule has 2 aliphatic rings. The molecular weight excluding hydrogens is 376 g/mol. The number of carbonyl (C=O) groups is 1. The minimum absolute atomic E-state index is 0.0391. The number of nitrogens with zero attached hydrogens (tertiary/aromatic N) is 1. The largest absolute Gasteiger partial charge is 0.493 e. The Morgan fingerprint density at radius 2 is 1.93 bits per heavy atom. The number of benzene rings is 2. The van der Waals surface area contributed by atoms with Gasteiger partial charge in [-0.3, -0.25) is 4.79 Å². The van der Waals surface area contributed by atoms with Gasteiger partial charge >= 0.3 is 0 Å². The highest BCUT2D eigenvalue weighted by atomic mass is 16.5. The normalized spacial score (nSPS) is 21.7. The number of amides is 1. The molecule has 4 rings (SSSR count). The van der Waals surface area contributed by atoms with Gasteiger partial charge in [-0.05, 0) is 41.3 Å². The second-order valence-corrected chi connectivity index (χ2v) is 8.99. The summed E-state index contributed by atoms with van der Waals surface area (Å²) in [6, 6.07) is 14.3. The molecule has 1 saturated heterocycles. The van der Waals surface area contributed by atoms with Crippen molar-refractivity contribution in [2.24, 2.45) is 5.92 Å². The summed E-state index contributed by atoms with van der Waals surface area (Å²) in [5, 5.41) is 3.25. The van der Waals surface area contributed by atoms with E-state index in [2.05, 4.69) is 68.3 Å². The third kappa shape index (κ3) is 3.13. The summed E-state index contributed by atoms with van der Waals surface area (Å²) in [5.41, 5.74) is 2.46. The molecule has 1 unspecified atom stereocenters. The summed E-state index contributed by atoms with van der Waals surface area (Å²) in [6.45, 7) is 9.60. The van der Waals surface area contributed by atoms with E-state index in [1.54, 1.807) is 7.11 Å². The molecule has 1 N–H and O–H groups in total. The van der Waals surface area contributed by atoms with E-state index < -0.39 is 5.66 Å². The van der Waals surface area contributed by atoms with Crippen LogP contribution in [0.1, 0.15) is 38.8 Å². The molecule has 5 nitrogen and oxygen atoms in total. The molecule has 0 aromatic heterocycles. The predicted octanol–water partition coefficient (Wildman–Crippen LogP) is 4.37. The molecule has 0 bridgehead atoms. The summed E-state index contributed by atoms with van der Waals surface area (Å²) in [6.07, 6.45) is 4.17. The van der Waals surface area contributed by atoms with Crippen molar-refractivity contribution in [3.63, 3.8) is 0 Å². The maximum Gasteiger partial charge on any atom is 0.241 e. The Kier molecular flexibility index (Phi) is 5.00. The van der Waals surface area contributed by atoms with E-state index in [0.29, 0.717) is 24.8 Å². The summed E-state index contributed by atoms with van der Waals surface area (Å²) < 4.78 is 11.4. The number of methoxy groups -OCH3 is 1. The monoisotopic (exact) mass is 406 g/mol. The van der Waals surface area contributed by atoms with Gasteiger partial charge in [0.25, 0.3) is 0 Å². The van der Waals surface area contributed by atoms with E-state index in [0.717, 1.165) is 17.0 Å². The number of hydrogen-bond acceptors (Lipinski definition) is 4. The first-order valence-corrected chi connectivity index (χ1v) is 10.5. The lowest BCUT2D eigenvalue weighted by Gasteiger charge is -2.40. The van der Waals surface area contributed by atoms with Crippen molar-refractivity contribution < 1.29 is 14.3 Å². The van der Waals surface area contributed by atoms with Gasteiger partial charge in [0.15, 0.2) is 11.5 Å². The highest BCUT2D eigenvalue weighted by molar-refractivity contribution is 5.91. The van der Waals surface area contributed by atoms with Gasteiger partial charge in [0, 0.05) is 11.1 Å². The summed E-state index contributed by atoms with van der Waals surface area (Å²) in [7, 11) is 1.65. The molecular formula is C25H30N2O3. The van der Waals surface area contributed by atoms with Gasteiger partial charge in [-0.25, -0.2) is 0 Å². The molecule has 1 fully saturated rings. The van der Waals surface area contributed by atoms with Crippen molar-refractivity contribution in [1.82, 2.24) is 5.32 Å². The third-order valence-corrected chi connectivity index (χ3v) is 6.16. The summed E-state index contributed by atoms with van der Waals surface area (Å²) in [5.74, 6) is 1.93. The second-order valence-electron chi connectivity index (χ2n) is 8.99. The van der Waals surface area contributed by atoms with Crippen LogP contribution >= 0.6 is 0 Å². The number of fused-ring (bicyclic) bond motifs is 3. The van der Waals surface area contributed by atoms with Crippen LogP contribution in [0.2, 0.25) is 0 Å². The fourth-order valence-electron chi connectivity index (χ4n) is 4.52. The second kappa shape index (κ2) is 7.38. The number of nitrogens with one attached hydrogen (secondary N) is 1. The molecule has 0 aliphatic carbocycles. The van der Waals surface area contributed by atoms with Crippen molar-refractivity contribution >= 4 is 17.7 Å². The fourth-order valence-corrected chi connectivity index (χ4v) is 4.52. The van der Waals surface area contributed by atoms with Crippen molar-refractivity contribution in [3.05, 3.63) is 59.7 Å². The van der Waals surface area contributed by atoms with Crippen molar-refractivity contribution in [2.75, 3.05) is 25.2 Å². The van der Waals surface area contributed by atoms with Gasteiger partial charge < -0.3 is 19.7 Å². The van der Waals surface area contributed by atoms with Crippen molar-refractivity contribution in [1.29, 1.82) is 0 Å². The Morgan fingerprint density at radius 1 is 1.17 bits per heavy atom. The van der Waals surface area contributed by atoms with E-state index in [9.17, 15) is 4.79 Å². The number of ether oxygens (including phenoxy) is 2. The summed E-state index contributed by atoms with van der Waals surface area (Å²) >= 11 is 0. The van der Waals surface area contributed by atoms with Gasteiger partial charge in [0.1, 0.15) is 5.66 Å². The average Bonchev–Trinajstić information content (AvgIpc) is 3.15. The zero-order valence-corrected chi connectivity index (χ0v) is 18.4. The van der Waals surface area contributed by atoms with Crippen LogP contribution in [0.15, 0.2) is 48.5 Å². The average molecular weight is 407 g/mol. The Hall–Kier alpha value is -2.95. The van der Waals surface area contributed by atoms with Gasteiger partial charge in [-0.2, -0.15) is 0 Å². The Balaban J connectivity index is 1.68. The Bertz CT molecular complexity index is 996. The van der Waals surface area contributed by atoms with E-state index in [4.69, 9.17) is 9.47 Å². The van der Waals surface area contributed by atoms with Crippen LogP contribution in [-0.2, 0) is 10.2 Å². The molecule has 1 amide bonds. The van der Waals surface area contributed by atoms with Gasteiger partial charge in [-0.15, -0.1) is 0 Å². The molecule has 2 aromatic rings. The number of carbonyl (C=O) groups excluding carboxylic acids is 1. The predicted molar refractivity (Wildman–Crippen MR) is 120 cm³/mol. The van der Waals surface area contributed by atoms with Gasteiger partial charge in [0.05, 0.1) is 20.3 Å². The molecule has 2 aromatic carbocycles. The lowest BCUT2D eigenvalue weighted by atomic mass is 9.75. The standard InChI is InChI=1S/C25H30N2O3/c1-17(2)16-30-21-11-10-18(14-22(21)29-5)12-13-25-24(3,4)19-8-6-7-9-20(19)27(25)15-23(28)26-25/h6-14,17H,15-16H2,1-5H3,(H,26,28)/b13-12+. The zero-order chi connectivity index (χ0) is 21.5. The highest BCUT2D eigenvalue weighted by Gasteiger charge is 2.59. The van der Waals surface area contributed by atoms with Crippen LogP contribution in [0, 0.1) is 5.92 Å². The van der Waals surface area contributed by atoms with Crippen LogP contribution < -0.4 is 19.7 Å². The zero-order valence-electron chi connectivity index (χ0n) is 18.4. The molecule has 158 valence electrons. The van der Waals surface area contributed by atoms with E-state index in [1.807, 2.05) is 24.3 Å². The Morgan fingerprint density at radius 3 is 2.67 bits per heavy atom. The van der Waals surface area contributed by atoms with E-state index >= 15 is 0 Å². The Labute approximate surface area is 178 Å². The van der Waals surface area contributed by atoms with Crippen LogP contribution in [0.5, 0.6) is 11.5 Å². The first-order chi connectivity index (χ1) is 14.3. The molecule has 0 saturated carbocycles. The van der Waals surface area contributed by atoms with Crippen LogP contribution in [0.25, 0.3) is 6.08 Å². The lowest BCUT2D eigenvalue weighted by Crippen LogP contribution is -2.58. The quantitative estimate of drug-likeness (QED) is 0.774. The minimum Gasteiger partial charge on any atom is -0.493 e. The topological polar surface area (TPSA) is 50.8 Å². The smallest absolute Gasteiger partial charge is 0.241 e. The molecule has 1 atom stereocenters. The first-order valence-electron chi connectivity index (χ1n) is 10.5. The fraction of sp³-hybridized carbons (Fsp3) is 0.400. The molecule has 30 heavy (non-hydrogen) atoms. The number of hydrogen-bond donors (Lipinski definition) is 1. The van der Waals surface area contributed by atoms with Gasteiger partial charge in [0.2, 0.25) is 5.91 Å². The maximum atomic E-state index is 12.4. The molecule has 5 heteroatoms. The van der Waals surface area contributed by atoms with Crippen LogP contribution in [0.4, 0.5) is 5.69 Å². The van der Waals surface area contributed by atoms with E-state index in [-0.39, 0.29) is 11.3 Å². The molecule has 2 heterocycles. The van der Waals surface area contributed by atoms with Crippen LogP contribution in [0.3, 0.4) is 0 Å². The maximum absolute atomic E-state index is 12.4. The molecule has 2 aliphatic heterocycles. The van der Waals surface area contributed by atoms with E-state index in [1.165, 1.54) is 5.56 Å². The SMILES string of the molecule is COc1cc(/C=C/C23NC(=O)CN2c2ccccc2C3(C)C)ccc1OCC(C)C. The number of rotatable bonds is 6. The van der Waals surface area contributed by atoms with Crippen molar-refractivity contribution in [3.8, 4) is 11.5 Å². The summed E-state index contributed by atoms with van der Waals surface area (Å²) in [4.78, 5) is 14.6. The van der Waals surface area contributed by atoms with Gasteiger partial charge in [-0.1, -0.05) is 58.0 Å². The first kappa shape index (κ1) is 20.3. The third-order valence-electron chi connectivity index (χ3n) is 6.16. The molecule has 0 spiro atoms. The number of para-hydroxylation sites is 1. The highest BCUT2D eigenvalue weighted by Crippen LogP contribution is 2.52. The number of anilines is 1. The van der Waals surface area contributed by atoms with Crippen molar-refractivity contribution in [2.45, 2.75) is 38.8 Å². The van der Waals surface area contributed by atoms with Crippen LogP contribution in [-0.4, -0.2) is 31.8 Å². The minimum atomic E-state index is -0.603. The lowest BCUT2D eigenvalue weighted by molar-refractivity contribution is -0.118. The molecule has 0 radical (unpaired) electrons.